The van der Waals surface area contributed by atoms with Crippen LogP contribution in [-0.2, 0) is 22.4 Å². The Bertz CT molecular complexity index is 371. The van der Waals surface area contributed by atoms with E-state index in [0.29, 0.717) is 19.6 Å². The molecule has 0 bridgehead atoms. The molecule has 3 heteroatoms. The summed E-state index contributed by atoms with van der Waals surface area (Å²) in [4.78, 5) is 11.6. The average molecular weight is 263 g/mol. The van der Waals surface area contributed by atoms with E-state index in [9.17, 15) is 4.79 Å². The maximum absolute atomic E-state index is 11.6. The highest BCUT2D eigenvalue weighted by molar-refractivity contribution is 5.76. The van der Waals surface area contributed by atoms with Gasteiger partial charge in [0.1, 0.15) is 0 Å². The quantitative estimate of drug-likeness (QED) is 0.732. The smallest absolute Gasteiger partial charge is 0.220 e. The molecule has 0 spiro atoms. The van der Waals surface area contributed by atoms with E-state index >= 15 is 0 Å². The zero-order valence-electron chi connectivity index (χ0n) is 12.2. The van der Waals surface area contributed by atoms with E-state index < -0.39 is 0 Å². The molecule has 1 aromatic rings. The van der Waals surface area contributed by atoms with Crippen LogP contribution in [0, 0.1) is 0 Å². The first kappa shape index (κ1) is 15.7. The van der Waals surface area contributed by atoms with Crippen LogP contribution in [0.3, 0.4) is 0 Å². The van der Waals surface area contributed by atoms with Crippen molar-refractivity contribution in [2.75, 3.05) is 13.2 Å². The second-order valence-electron chi connectivity index (χ2n) is 4.94. The Kier molecular flexibility index (Phi) is 7.19. The molecule has 3 nitrogen and oxygen atoms in total. The number of carbonyl (C=O) groups excluding carboxylic acids is 1. The fourth-order valence-electron chi connectivity index (χ4n) is 1.77. The second kappa shape index (κ2) is 8.70. The first-order valence-corrected chi connectivity index (χ1v) is 7.08. The van der Waals surface area contributed by atoms with Crippen LogP contribution >= 0.6 is 0 Å². The van der Waals surface area contributed by atoms with Crippen molar-refractivity contribution in [1.29, 1.82) is 0 Å². The van der Waals surface area contributed by atoms with Gasteiger partial charge in [0.25, 0.3) is 0 Å². The van der Waals surface area contributed by atoms with E-state index in [0.717, 1.165) is 12.8 Å². The van der Waals surface area contributed by atoms with Crippen molar-refractivity contribution >= 4 is 5.91 Å². The predicted octanol–water partition coefficient (Wildman–Crippen LogP) is 2.72. The molecule has 0 saturated heterocycles. The largest absolute Gasteiger partial charge is 0.377 e. The first-order chi connectivity index (χ1) is 9.11. The lowest BCUT2D eigenvalue weighted by Gasteiger charge is -2.08. The number of benzene rings is 1. The molecule has 0 atom stereocenters. The molecule has 0 fully saturated rings. The van der Waals surface area contributed by atoms with Crippen LogP contribution in [-0.4, -0.2) is 25.2 Å². The topological polar surface area (TPSA) is 38.3 Å². The highest BCUT2D eigenvalue weighted by Gasteiger charge is 2.02. The van der Waals surface area contributed by atoms with Crippen molar-refractivity contribution in [3.8, 4) is 0 Å². The van der Waals surface area contributed by atoms with Crippen LogP contribution in [0.4, 0.5) is 0 Å². The van der Waals surface area contributed by atoms with Crippen molar-refractivity contribution in [1.82, 2.24) is 5.32 Å². The summed E-state index contributed by atoms with van der Waals surface area (Å²) in [7, 11) is 0. The van der Waals surface area contributed by atoms with E-state index in [-0.39, 0.29) is 12.0 Å². The monoisotopic (exact) mass is 263 g/mol. The summed E-state index contributed by atoms with van der Waals surface area (Å²) < 4.78 is 5.37. The molecule has 1 amide bonds. The van der Waals surface area contributed by atoms with Gasteiger partial charge in [-0.15, -0.1) is 0 Å². The van der Waals surface area contributed by atoms with Crippen molar-refractivity contribution in [2.45, 2.75) is 46.1 Å². The Morgan fingerprint density at radius 2 is 1.84 bits per heavy atom. The first-order valence-electron chi connectivity index (χ1n) is 7.08. The third-order valence-electron chi connectivity index (χ3n) is 2.95. The number of amides is 1. The van der Waals surface area contributed by atoms with Gasteiger partial charge in [-0.2, -0.15) is 0 Å². The van der Waals surface area contributed by atoms with Crippen LogP contribution in [0.15, 0.2) is 24.3 Å². The molecular formula is C16H25NO2. The van der Waals surface area contributed by atoms with Crippen LogP contribution in [0.25, 0.3) is 0 Å². The number of ether oxygens (including phenoxy) is 1. The van der Waals surface area contributed by atoms with E-state index in [4.69, 9.17) is 4.74 Å². The van der Waals surface area contributed by atoms with Gasteiger partial charge in [0.05, 0.1) is 12.7 Å². The summed E-state index contributed by atoms with van der Waals surface area (Å²) >= 11 is 0. The number of nitrogens with one attached hydrogen (secondary N) is 1. The van der Waals surface area contributed by atoms with Gasteiger partial charge in [-0.1, -0.05) is 31.2 Å². The van der Waals surface area contributed by atoms with Crippen molar-refractivity contribution < 1.29 is 9.53 Å². The molecule has 0 aliphatic carbocycles. The van der Waals surface area contributed by atoms with Crippen molar-refractivity contribution in [3.05, 3.63) is 35.4 Å². The molecule has 0 heterocycles. The molecule has 1 aromatic carbocycles. The fourth-order valence-corrected chi connectivity index (χ4v) is 1.77. The lowest BCUT2D eigenvalue weighted by molar-refractivity contribution is -0.121. The fraction of sp³-hybridized carbons (Fsp3) is 0.562. The molecule has 0 unspecified atom stereocenters. The van der Waals surface area contributed by atoms with E-state index in [1.807, 2.05) is 13.8 Å². The Balaban J connectivity index is 2.18. The minimum absolute atomic E-state index is 0.0897. The maximum Gasteiger partial charge on any atom is 0.220 e. The van der Waals surface area contributed by atoms with E-state index in [1.165, 1.54) is 11.1 Å². The molecule has 106 valence electrons. The third-order valence-corrected chi connectivity index (χ3v) is 2.95. The van der Waals surface area contributed by atoms with Gasteiger partial charge in [0.15, 0.2) is 0 Å². The van der Waals surface area contributed by atoms with Crippen LogP contribution in [0.1, 0.15) is 38.3 Å². The minimum atomic E-state index is 0.0897. The Morgan fingerprint density at radius 3 is 2.42 bits per heavy atom. The number of hydrogen-bond acceptors (Lipinski definition) is 2. The van der Waals surface area contributed by atoms with E-state index in [1.54, 1.807) is 0 Å². The van der Waals surface area contributed by atoms with Crippen molar-refractivity contribution in [3.63, 3.8) is 0 Å². The summed E-state index contributed by atoms with van der Waals surface area (Å²) in [6, 6.07) is 8.47. The van der Waals surface area contributed by atoms with E-state index in [2.05, 4.69) is 36.5 Å². The van der Waals surface area contributed by atoms with Gasteiger partial charge < -0.3 is 10.1 Å². The molecular weight excluding hydrogens is 238 g/mol. The van der Waals surface area contributed by atoms with Crippen LogP contribution in [0.5, 0.6) is 0 Å². The standard InChI is InChI=1S/C16H25NO2/c1-4-14-5-7-15(8-6-14)9-10-16(18)17-11-12-19-13(2)3/h5-8,13H,4,9-12H2,1-3H3,(H,17,18). The number of rotatable bonds is 8. The normalized spacial score (nSPS) is 10.7. The van der Waals surface area contributed by atoms with Gasteiger partial charge in [-0.25, -0.2) is 0 Å². The average Bonchev–Trinajstić information content (AvgIpc) is 2.41. The highest BCUT2D eigenvalue weighted by Crippen LogP contribution is 2.07. The zero-order valence-corrected chi connectivity index (χ0v) is 12.2. The summed E-state index contributed by atoms with van der Waals surface area (Å²) in [6.45, 7) is 7.28. The Hall–Kier alpha value is -1.35. The summed E-state index contributed by atoms with van der Waals surface area (Å²) in [5.74, 6) is 0.0897. The maximum atomic E-state index is 11.6. The number of carbonyl (C=O) groups is 1. The molecule has 19 heavy (non-hydrogen) atoms. The lowest BCUT2D eigenvalue weighted by Crippen LogP contribution is -2.28. The number of hydrogen-bond donors (Lipinski definition) is 1. The van der Waals surface area contributed by atoms with Gasteiger partial charge in [-0.3, -0.25) is 4.79 Å². The zero-order chi connectivity index (χ0) is 14.1. The molecule has 1 rings (SSSR count). The highest BCUT2D eigenvalue weighted by atomic mass is 16.5. The summed E-state index contributed by atoms with van der Waals surface area (Å²) in [5.41, 5.74) is 2.55. The SMILES string of the molecule is CCc1ccc(CCC(=O)NCCOC(C)C)cc1. The van der Waals surface area contributed by atoms with Crippen molar-refractivity contribution in [2.24, 2.45) is 0 Å². The Morgan fingerprint density at radius 1 is 1.21 bits per heavy atom. The van der Waals surface area contributed by atoms with Gasteiger partial charge >= 0.3 is 0 Å². The predicted molar refractivity (Wildman–Crippen MR) is 78.2 cm³/mol. The van der Waals surface area contributed by atoms with Crippen LogP contribution in [0.2, 0.25) is 0 Å². The summed E-state index contributed by atoms with van der Waals surface area (Å²) in [6.07, 6.45) is 2.60. The molecule has 0 aliphatic rings. The molecule has 1 N–H and O–H groups in total. The number of aryl methyl sites for hydroxylation is 2. The molecule has 0 aromatic heterocycles. The minimum Gasteiger partial charge on any atom is -0.377 e. The van der Waals surface area contributed by atoms with Gasteiger partial charge in [0.2, 0.25) is 5.91 Å². The molecule has 0 aliphatic heterocycles. The summed E-state index contributed by atoms with van der Waals surface area (Å²) in [5, 5.41) is 2.87. The second-order valence-corrected chi connectivity index (χ2v) is 4.94. The van der Waals surface area contributed by atoms with Crippen LogP contribution < -0.4 is 5.32 Å². The third kappa shape index (κ3) is 6.97. The van der Waals surface area contributed by atoms with Gasteiger partial charge in [-0.05, 0) is 37.8 Å². The van der Waals surface area contributed by atoms with Gasteiger partial charge in [0, 0.05) is 13.0 Å². The lowest BCUT2D eigenvalue weighted by atomic mass is 10.1. The molecule has 0 radical (unpaired) electrons. The molecule has 0 saturated carbocycles. The Labute approximate surface area is 116 Å².